The van der Waals surface area contributed by atoms with E-state index in [0.29, 0.717) is 0 Å². The zero-order valence-electron chi connectivity index (χ0n) is 53.7. The van der Waals surface area contributed by atoms with Crippen LogP contribution in [0.3, 0.4) is 0 Å². The summed E-state index contributed by atoms with van der Waals surface area (Å²) in [6.07, 6.45) is 0. The monoisotopic (exact) mass is 1150 g/mol. The Morgan fingerprint density at radius 3 is 1.37 bits per heavy atom. The van der Waals surface area contributed by atoms with Gasteiger partial charge in [-0.15, -0.1) is 11.3 Å². The van der Waals surface area contributed by atoms with Gasteiger partial charge in [0.2, 0.25) is 0 Å². The number of hydrogen-bond donors (Lipinski definition) is 0. The molecule has 0 amide bonds. The van der Waals surface area contributed by atoms with E-state index < -0.39 is 0 Å². The summed E-state index contributed by atoms with van der Waals surface area (Å²) >= 11 is 1.96. The first kappa shape index (κ1) is 57.7. The molecule has 0 N–H and O–H groups in total. The van der Waals surface area contributed by atoms with Crippen LogP contribution >= 0.6 is 11.3 Å². The standard InChI is InChI=1S/C82H82BN3S/c1-78(2,3)56-31-38-61(39-32-56)84(62-40-33-57(34-41-62)79(4,5)6)64-44-45-69-71(52-64)86(70-46-37-59(81(10,11)12)49-67(70)66-29-23-22-28-65(66)54-26-20-17-21-27-54)73-51-60(82(13,14)15)50-72-75(73)83(69)77-76(85(72)63-42-35-58(36-43-63)80(7,8)9)68-48-55(30-47-74(68)87-77)53-24-18-16-19-25-53/h16-52H,1-15H3. The van der Waals surface area contributed by atoms with E-state index in [1.165, 1.54) is 110 Å². The van der Waals surface area contributed by atoms with Gasteiger partial charge in [0.1, 0.15) is 0 Å². The number of rotatable bonds is 8. The number of fused-ring (bicyclic) bond motifs is 6. The lowest BCUT2D eigenvalue weighted by molar-refractivity contribution is 0.590. The third kappa shape index (κ3) is 10.5. The van der Waals surface area contributed by atoms with Crippen LogP contribution in [0.5, 0.6) is 0 Å². The third-order valence-electron chi connectivity index (χ3n) is 18.3. The number of nitrogens with zero attached hydrogens (tertiary/aromatic N) is 3. The molecule has 10 aromatic carbocycles. The number of thiophene rings is 1. The Morgan fingerprint density at radius 2 is 0.816 bits per heavy atom. The second-order valence-corrected chi connectivity index (χ2v) is 30.6. The molecule has 3 nitrogen and oxygen atoms in total. The summed E-state index contributed by atoms with van der Waals surface area (Å²) in [5.74, 6) is 0. The fourth-order valence-electron chi connectivity index (χ4n) is 13.2. The molecule has 5 heteroatoms. The van der Waals surface area contributed by atoms with E-state index in [9.17, 15) is 0 Å². The van der Waals surface area contributed by atoms with Crippen molar-refractivity contribution in [1.29, 1.82) is 0 Å². The molecule has 0 fully saturated rings. The van der Waals surface area contributed by atoms with Crippen molar-refractivity contribution in [3.63, 3.8) is 0 Å². The van der Waals surface area contributed by atoms with Crippen molar-refractivity contribution in [2.45, 2.75) is 131 Å². The Morgan fingerprint density at radius 1 is 0.333 bits per heavy atom. The molecule has 2 aliphatic heterocycles. The molecule has 11 aromatic rings. The van der Waals surface area contributed by atoms with Gasteiger partial charge >= 0.3 is 0 Å². The van der Waals surface area contributed by atoms with Gasteiger partial charge in [0.05, 0.1) is 11.4 Å². The second kappa shape index (κ2) is 21.2. The molecule has 434 valence electrons. The second-order valence-electron chi connectivity index (χ2n) is 29.5. The highest BCUT2D eigenvalue weighted by Gasteiger charge is 2.47. The average molecular weight is 1150 g/mol. The van der Waals surface area contributed by atoms with Gasteiger partial charge < -0.3 is 14.7 Å². The molecule has 3 heterocycles. The van der Waals surface area contributed by atoms with Gasteiger partial charge in [-0.1, -0.05) is 243 Å². The Hall–Kier alpha value is -8.38. The van der Waals surface area contributed by atoms with Crippen LogP contribution < -0.4 is 30.4 Å². The van der Waals surface area contributed by atoms with Gasteiger partial charge in [0.25, 0.3) is 6.71 Å². The first-order valence-corrected chi connectivity index (χ1v) is 32.1. The van der Waals surface area contributed by atoms with E-state index in [2.05, 4.69) is 343 Å². The Labute approximate surface area is 523 Å². The average Bonchev–Trinajstić information content (AvgIpc) is 1.69. The van der Waals surface area contributed by atoms with Crippen molar-refractivity contribution in [3.8, 4) is 33.4 Å². The SMILES string of the molecule is CC(C)(C)c1ccc(N(c2ccc(C(C)(C)C)cc2)c2ccc3c(c2)N(c2ccc(C(C)(C)C)cc2-c2ccccc2-c2ccccc2)c2cc(C(C)(C)C)cc4c2B3c2sc3ccc(-c5ccccc5)cc3c2N4c2ccc(C(C)(C)C)cc2)cc1. The highest BCUT2D eigenvalue weighted by molar-refractivity contribution is 7.33. The Kier molecular flexibility index (Phi) is 14.1. The highest BCUT2D eigenvalue weighted by atomic mass is 32.1. The Bertz CT molecular complexity index is 4330. The van der Waals surface area contributed by atoms with Gasteiger partial charge in [-0.25, -0.2) is 0 Å². The first-order chi connectivity index (χ1) is 41.3. The fraction of sp³-hybridized carbons (Fsp3) is 0.244. The number of anilines is 9. The predicted molar refractivity (Wildman–Crippen MR) is 380 cm³/mol. The van der Waals surface area contributed by atoms with Crippen molar-refractivity contribution in [1.82, 2.24) is 0 Å². The summed E-state index contributed by atoms with van der Waals surface area (Å²) < 4.78 is 2.63. The van der Waals surface area contributed by atoms with Crippen LogP contribution in [0.25, 0.3) is 43.5 Å². The molecule has 2 aliphatic rings. The zero-order chi connectivity index (χ0) is 61.1. The van der Waals surface area contributed by atoms with Crippen LogP contribution in [0, 0.1) is 0 Å². The minimum absolute atomic E-state index is 0.00157. The maximum absolute atomic E-state index is 2.68. The van der Waals surface area contributed by atoms with E-state index in [1.54, 1.807) is 0 Å². The molecule has 0 atom stereocenters. The highest BCUT2D eigenvalue weighted by Crippen LogP contribution is 2.53. The van der Waals surface area contributed by atoms with Crippen molar-refractivity contribution < 1.29 is 0 Å². The van der Waals surface area contributed by atoms with Crippen LogP contribution in [-0.4, -0.2) is 6.71 Å². The molecule has 0 saturated carbocycles. The largest absolute Gasteiger partial charge is 0.311 e. The molecule has 87 heavy (non-hydrogen) atoms. The predicted octanol–water partition coefficient (Wildman–Crippen LogP) is 21.9. The van der Waals surface area contributed by atoms with E-state index in [-0.39, 0.29) is 33.8 Å². The number of hydrogen-bond acceptors (Lipinski definition) is 4. The van der Waals surface area contributed by atoms with Crippen molar-refractivity contribution in [2.75, 3.05) is 14.7 Å². The van der Waals surface area contributed by atoms with Gasteiger partial charge in [-0.05, 0) is 179 Å². The normalized spacial score (nSPS) is 13.4. The van der Waals surface area contributed by atoms with Crippen LogP contribution in [0.4, 0.5) is 51.2 Å². The molecule has 0 radical (unpaired) electrons. The van der Waals surface area contributed by atoms with E-state index in [0.717, 1.165) is 28.4 Å². The number of benzene rings is 10. The molecule has 13 rings (SSSR count). The molecular formula is C82H82BN3S. The van der Waals surface area contributed by atoms with E-state index in [4.69, 9.17) is 0 Å². The summed E-state index contributed by atoms with van der Waals surface area (Å²) in [5.41, 5.74) is 26.5. The summed E-state index contributed by atoms with van der Waals surface area (Å²) in [7, 11) is 0. The lowest BCUT2D eigenvalue weighted by atomic mass is 9.36. The maximum Gasteiger partial charge on any atom is 0.264 e. The van der Waals surface area contributed by atoms with Crippen molar-refractivity contribution >= 4 is 95.0 Å². The van der Waals surface area contributed by atoms with Crippen LogP contribution in [0.15, 0.2) is 224 Å². The van der Waals surface area contributed by atoms with Gasteiger partial charge in [0.15, 0.2) is 0 Å². The summed E-state index contributed by atoms with van der Waals surface area (Å²) in [4.78, 5) is 7.82. The molecule has 0 unspecified atom stereocenters. The lowest BCUT2D eigenvalue weighted by Gasteiger charge is -2.45. The fourth-order valence-corrected chi connectivity index (χ4v) is 14.5. The Balaban J connectivity index is 1.16. The zero-order valence-corrected chi connectivity index (χ0v) is 54.5. The summed E-state index contributed by atoms with van der Waals surface area (Å²) in [5, 5.41) is 1.27. The molecular weight excluding hydrogens is 1070 g/mol. The molecule has 0 spiro atoms. The summed E-state index contributed by atoms with van der Waals surface area (Å²) in [6, 6.07) is 86.1. The van der Waals surface area contributed by atoms with E-state index >= 15 is 0 Å². The maximum atomic E-state index is 2.68. The molecule has 0 bridgehead atoms. The van der Waals surface area contributed by atoms with Gasteiger partial charge in [-0.2, -0.15) is 0 Å². The molecule has 0 aliphatic carbocycles. The van der Waals surface area contributed by atoms with Crippen LogP contribution in [0.2, 0.25) is 0 Å². The topological polar surface area (TPSA) is 9.72 Å². The quantitative estimate of drug-likeness (QED) is 0.140. The third-order valence-corrected chi connectivity index (χ3v) is 19.5. The van der Waals surface area contributed by atoms with Crippen molar-refractivity contribution in [3.05, 3.63) is 252 Å². The van der Waals surface area contributed by atoms with Crippen LogP contribution in [-0.2, 0) is 27.1 Å². The minimum atomic E-state index is -0.220. The summed E-state index contributed by atoms with van der Waals surface area (Å²) in [6.45, 7) is 34.8. The van der Waals surface area contributed by atoms with Gasteiger partial charge in [0, 0.05) is 60.2 Å². The molecule has 1 aromatic heterocycles. The smallest absolute Gasteiger partial charge is 0.264 e. The van der Waals surface area contributed by atoms with Crippen molar-refractivity contribution in [2.24, 2.45) is 0 Å². The first-order valence-electron chi connectivity index (χ1n) is 31.3. The van der Waals surface area contributed by atoms with E-state index in [1.807, 2.05) is 11.3 Å². The lowest BCUT2D eigenvalue weighted by Crippen LogP contribution is -2.60. The molecule has 0 saturated heterocycles. The van der Waals surface area contributed by atoms with Gasteiger partial charge in [-0.3, -0.25) is 0 Å². The minimum Gasteiger partial charge on any atom is -0.311 e. The van der Waals surface area contributed by atoms with Crippen LogP contribution in [0.1, 0.15) is 132 Å².